The number of anilines is 4. The number of fused-ring (bicyclic) bond motifs is 4. The van der Waals surface area contributed by atoms with Crippen LogP contribution in [0.3, 0.4) is 0 Å². The molecule has 0 aliphatic heterocycles. The number of aryl methyl sites for hydroxylation is 8. The monoisotopic (exact) mass is 1090 g/mol. The molecule has 10 rings (SSSR count). The second-order valence-electron chi connectivity index (χ2n) is 22.5. The first-order valence-corrected chi connectivity index (χ1v) is 29.1. The van der Waals surface area contributed by atoms with E-state index in [0.29, 0.717) is 24.2 Å². The minimum atomic E-state index is -0.0751. The maximum absolute atomic E-state index is 13.1. The van der Waals surface area contributed by atoms with E-state index >= 15 is 0 Å². The molecule has 0 saturated heterocycles. The van der Waals surface area contributed by atoms with Crippen molar-refractivity contribution in [1.82, 2.24) is 20.6 Å². The van der Waals surface area contributed by atoms with Crippen LogP contribution in [0.25, 0.3) is 66.6 Å². The Morgan fingerprint density at radius 2 is 0.720 bits per heavy atom. The minimum absolute atomic E-state index is 0.0751. The molecule has 0 fully saturated rings. The van der Waals surface area contributed by atoms with Crippen LogP contribution in [0.1, 0.15) is 117 Å². The first-order chi connectivity index (χ1) is 39.6. The molecule has 0 atom stereocenters. The summed E-state index contributed by atoms with van der Waals surface area (Å²) in [4.78, 5) is 36.3. The summed E-state index contributed by atoms with van der Waals surface area (Å²) in [6, 6.07) is 45.5. The molecule has 12 heteroatoms. The van der Waals surface area contributed by atoms with E-state index < -0.39 is 0 Å². The van der Waals surface area contributed by atoms with Crippen molar-refractivity contribution in [3.05, 3.63) is 189 Å². The molecule has 10 aromatic rings. The number of nitrogen functional groups attached to an aromatic ring is 2. The lowest BCUT2D eigenvalue weighted by Crippen LogP contribution is -2.34. The largest absolute Gasteiger partial charge is 0.398 e. The highest BCUT2D eigenvalue weighted by Gasteiger charge is 2.26. The number of hydrogen-bond acceptors (Lipinski definition) is 8. The second kappa shape index (κ2) is 24.9. The standard InChI is InChI=1S/C70H76N10O2/c1-43-17-27-63(49(7)33-43)79-65-39-55(71)45(3)35-59(65)77-61-37-47(5)57(41-67(61)79)73-29-13-9-11-15-31-75-69(81)53-23-19-51(20-24-53)52-21-25-54(26-22-52)70(82)76-32-16-12-10-14-30-74-58-42-68-62(38-48(58)6)78-60-36-46(4)56(72)40-66(60)80(68)64-28-18-44(2)34-50(64)8/h17-28,33-42H,9-16,29-32H2,1-8H3,(H6,71,72,73,74,75,76,81,82)/p+2. The first kappa shape index (κ1) is 56.4. The summed E-state index contributed by atoms with van der Waals surface area (Å²) < 4.78 is 4.60. The zero-order valence-electron chi connectivity index (χ0n) is 48.9. The van der Waals surface area contributed by atoms with Crippen LogP contribution in [-0.2, 0) is 0 Å². The molecule has 0 radical (unpaired) electrons. The smallest absolute Gasteiger partial charge is 0.251 e. The molecule has 0 saturated carbocycles. The van der Waals surface area contributed by atoms with Crippen molar-refractivity contribution in [2.24, 2.45) is 0 Å². The lowest BCUT2D eigenvalue weighted by atomic mass is 10.0. The molecule has 8 aromatic carbocycles. The normalized spacial score (nSPS) is 11.5. The van der Waals surface area contributed by atoms with Crippen molar-refractivity contribution in [2.75, 3.05) is 48.3 Å². The third kappa shape index (κ3) is 12.5. The summed E-state index contributed by atoms with van der Waals surface area (Å²) in [5.74, 6) is -0.150. The van der Waals surface area contributed by atoms with E-state index in [1.807, 2.05) is 74.5 Å². The Hall–Kier alpha value is -8.90. The number of nitrogens with zero attached hydrogens (tertiary/aromatic N) is 4. The summed E-state index contributed by atoms with van der Waals surface area (Å²) in [5, 5.41) is 13.6. The number of benzene rings is 8. The highest BCUT2D eigenvalue weighted by molar-refractivity contribution is 5.96. The summed E-state index contributed by atoms with van der Waals surface area (Å²) in [5.41, 5.74) is 39.0. The Bertz CT molecular complexity index is 3780. The zero-order valence-corrected chi connectivity index (χ0v) is 48.9. The van der Waals surface area contributed by atoms with Gasteiger partial charge in [-0.3, -0.25) is 9.59 Å². The van der Waals surface area contributed by atoms with Gasteiger partial charge in [-0.15, -0.1) is 9.13 Å². The Morgan fingerprint density at radius 1 is 0.378 bits per heavy atom. The van der Waals surface area contributed by atoms with Crippen LogP contribution in [0.5, 0.6) is 0 Å². The van der Waals surface area contributed by atoms with E-state index in [1.54, 1.807) is 0 Å². The first-order valence-electron chi connectivity index (χ1n) is 29.1. The highest BCUT2D eigenvalue weighted by Crippen LogP contribution is 2.30. The fraction of sp³-hybridized carbons (Fsp3) is 0.286. The van der Waals surface area contributed by atoms with Gasteiger partial charge in [0.1, 0.15) is 22.1 Å². The number of carbonyl (C=O) groups is 2. The molecule has 2 heterocycles. The van der Waals surface area contributed by atoms with Gasteiger partial charge in [0.15, 0.2) is 0 Å². The van der Waals surface area contributed by atoms with Gasteiger partial charge in [0.2, 0.25) is 33.4 Å². The van der Waals surface area contributed by atoms with Gasteiger partial charge in [-0.2, -0.15) is 0 Å². The maximum Gasteiger partial charge on any atom is 0.251 e. The number of hydrogen-bond donors (Lipinski definition) is 6. The van der Waals surface area contributed by atoms with Gasteiger partial charge >= 0.3 is 0 Å². The van der Waals surface area contributed by atoms with Crippen LogP contribution in [0, 0.1) is 55.4 Å². The van der Waals surface area contributed by atoms with E-state index in [0.717, 1.165) is 176 Å². The van der Waals surface area contributed by atoms with Crippen molar-refractivity contribution in [3.8, 4) is 22.5 Å². The molecule has 0 aliphatic rings. The Morgan fingerprint density at radius 3 is 1.09 bits per heavy atom. The summed E-state index contributed by atoms with van der Waals surface area (Å²) in [6.07, 6.45) is 7.99. The molecule has 2 aromatic heterocycles. The van der Waals surface area contributed by atoms with Gasteiger partial charge in [0.05, 0.1) is 0 Å². The van der Waals surface area contributed by atoms with Crippen LogP contribution < -0.4 is 41.9 Å². The fourth-order valence-corrected chi connectivity index (χ4v) is 11.3. The van der Waals surface area contributed by atoms with Gasteiger partial charge in [0.25, 0.3) is 11.8 Å². The molecule has 2 amide bonds. The van der Waals surface area contributed by atoms with E-state index in [1.165, 1.54) is 22.3 Å². The quantitative estimate of drug-likeness (QED) is 0.0179. The SMILES string of the molecule is Cc1ccc(-[n+]2c3cc(N)c(C)cc3nc3cc(C)c(NCCCCCCNC(=O)c4ccc(-c5ccc(C(=O)NCCCCCCNc6cc7c(cc6C)nc6cc(C)c(N)cc6[n+]7-c6ccc(C)cc6C)cc5)cc4)cc32)c(C)c1. The second-order valence-corrected chi connectivity index (χ2v) is 22.5. The third-order valence-electron chi connectivity index (χ3n) is 16.0. The van der Waals surface area contributed by atoms with Crippen molar-refractivity contribution < 1.29 is 18.7 Å². The average molecular weight is 1090 g/mol. The Balaban J connectivity index is 0.632. The third-order valence-corrected chi connectivity index (χ3v) is 16.0. The van der Waals surface area contributed by atoms with Crippen LogP contribution in [-0.4, -0.2) is 48.0 Å². The van der Waals surface area contributed by atoms with E-state index in [-0.39, 0.29) is 11.8 Å². The molecule has 0 spiro atoms. The molecule has 82 heavy (non-hydrogen) atoms. The predicted molar refractivity (Wildman–Crippen MR) is 339 cm³/mol. The number of amides is 2. The predicted octanol–water partition coefficient (Wildman–Crippen LogP) is 13.7. The van der Waals surface area contributed by atoms with Crippen LogP contribution >= 0.6 is 0 Å². The van der Waals surface area contributed by atoms with Gasteiger partial charge in [-0.25, -0.2) is 9.97 Å². The summed E-state index contributed by atoms with van der Waals surface area (Å²) in [6.45, 7) is 19.8. The van der Waals surface area contributed by atoms with Crippen molar-refractivity contribution in [2.45, 2.75) is 107 Å². The lowest BCUT2D eigenvalue weighted by molar-refractivity contribution is -0.539. The van der Waals surface area contributed by atoms with E-state index in [4.69, 9.17) is 21.4 Å². The number of nitrogens with one attached hydrogen (secondary N) is 4. The summed E-state index contributed by atoms with van der Waals surface area (Å²) >= 11 is 0. The molecule has 12 nitrogen and oxygen atoms in total. The lowest BCUT2D eigenvalue weighted by Gasteiger charge is -2.13. The van der Waals surface area contributed by atoms with Crippen molar-refractivity contribution in [3.63, 3.8) is 0 Å². The summed E-state index contributed by atoms with van der Waals surface area (Å²) in [7, 11) is 0. The van der Waals surface area contributed by atoms with Crippen LogP contribution in [0.4, 0.5) is 22.7 Å². The molecule has 0 aliphatic carbocycles. The van der Waals surface area contributed by atoms with Gasteiger partial charge in [0, 0.05) is 108 Å². The molecular weight excluding hydrogens is 1010 g/mol. The minimum Gasteiger partial charge on any atom is -0.398 e. The van der Waals surface area contributed by atoms with Gasteiger partial charge in [-0.05, 0) is 175 Å². The highest BCUT2D eigenvalue weighted by atomic mass is 16.2. The van der Waals surface area contributed by atoms with Crippen LogP contribution in [0.15, 0.2) is 133 Å². The van der Waals surface area contributed by atoms with E-state index in [2.05, 4.69) is 145 Å². The average Bonchev–Trinajstić information content (AvgIpc) is 3.02. The van der Waals surface area contributed by atoms with Crippen molar-refractivity contribution >= 4 is 78.7 Å². The molecule has 0 bridgehead atoms. The number of nitrogens with two attached hydrogens (primary N) is 2. The van der Waals surface area contributed by atoms with Crippen molar-refractivity contribution in [1.29, 1.82) is 0 Å². The molecule has 418 valence electrons. The number of rotatable bonds is 21. The van der Waals surface area contributed by atoms with Crippen LogP contribution in [0.2, 0.25) is 0 Å². The fourth-order valence-electron chi connectivity index (χ4n) is 11.3. The molecule has 0 unspecified atom stereocenters. The zero-order chi connectivity index (χ0) is 57.6. The number of carbonyl (C=O) groups excluding carboxylic acids is 2. The maximum atomic E-state index is 13.1. The molecule has 8 N–H and O–H groups in total. The topological polar surface area (TPSA) is 168 Å². The Kier molecular flexibility index (Phi) is 17.1. The number of unbranched alkanes of at least 4 members (excludes halogenated alkanes) is 6. The van der Waals surface area contributed by atoms with Gasteiger partial charge < -0.3 is 32.7 Å². The van der Waals surface area contributed by atoms with E-state index in [9.17, 15) is 9.59 Å². The van der Waals surface area contributed by atoms with Gasteiger partial charge in [-0.1, -0.05) is 73.2 Å². The molecular formula is C70H78N10O2+2. The Labute approximate surface area is 482 Å². The number of aromatic nitrogens is 4.